The second-order valence-electron chi connectivity index (χ2n) is 5.35. The molecule has 1 aromatic carbocycles. The van der Waals surface area contributed by atoms with Gasteiger partial charge in [-0.05, 0) is 30.5 Å². The number of ether oxygens (including phenoxy) is 2. The van der Waals surface area contributed by atoms with Gasteiger partial charge in [-0.25, -0.2) is 4.79 Å². The van der Waals surface area contributed by atoms with Crippen LogP contribution < -0.4 is 15.4 Å². The van der Waals surface area contributed by atoms with Crippen molar-refractivity contribution in [2.24, 2.45) is 0 Å². The van der Waals surface area contributed by atoms with Crippen LogP contribution in [-0.2, 0) is 19.1 Å². The Bertz CT molecular complexity index is 791. The number of rotatable bonds is 8. The molecule has 0 aliphatic rings. The lowest BCUT2D eigenvalue weighted by molar-refractivity contribution is -0.151. The molecular formula is C18H18N2O6S. The molecule has 0 bridgehead atoms. The normalized spacial score (nSPS) is 11.1. The van der Waals surface area contributed by atoms with Gasteiger partial charge in [-0.15, -0.1) is 11.3 Å². The summed E-state index contributed by atoms with van der Waals surface area (Å²) in [6.07, 6.45) is 0. The van der Waals surface area contributed by atoms with E-state index in [1.165, 1.54) is 18.3 Å². The molecular weight excluding hydrogens is 372 g/mol. The van der Waals surface area contributed by atoms with Gasteiger partial charge in [0.05, 0.1) is 4.88 Å². The second-order valence-corrected chi connectivity index (χ2v) is 6.30. The van der Waals surface area contributed by atoms with Gasteiger partial charge in [0.15, 0.2) is 13.2 Å². The van der Waals surface area contributed by atoms with E-state index >= 15 is 0 Å². The fourth-order valence-electron chi connectivity index (χ4n) is 1.90. The van der Waals surface area contributed by atoms with Crippen molar-refractivity contribution >= 4 is 35.0 Å². The number of hydrogen-bond donors (Lipinski definition) is 2. The first-order valence-electron chi connectivity index (χ1n) is 7.97. The minimum Gasteiger partial charge on any atom is -0.484 e. The molecule has 1 atom stereocenters. The van der Waals surface area contributed by atoms with Crippen LogP contribution in [0.25, 0.3) is 0 Å². The SMILES string of the molecule is C[C@H](NC(=O)COc1ccccc1)C(=O)OCC(=O)NC(=O)c1cccs1. The maximum absolute atomic E-state index is 11.8. The summed E-state index contributed by atoms with van der Waals surface area (Å²) in [7, 11) is 0. The fraction of sp³-hybridized carbons (Fsp3) is 0.222. The van der Waals surface area contributed by atoms with E-state index in [-0.39, 0.29) is 6.61 Å². The number of amides is 3. The molecule has 2 rings (SSSR count). The standard InChI is InChI=1S/C18H18N2O6S/c1-12(19-15(21)10-25-13-6-3-2-4-7-13)18(24)26-11-16(22)20-17(23)14-8-5-9-27-14/h2-9,12H,10-11H2,1H3,(H,19,21)(H,20,22,23)/t12-/m0/s1. The highest BCUT2D eigenvalue weighted by molar-refractivity contribution is 7.12. The quantitative estimate of drug-likeness (QED) is 0.654. The molecule has 9 heteroatoms. The molecule has 1 heterocycles. The van der Waals surface area contributed by atoms with E-state index in [0.717, 1.165) is 0 Å². The van der Waals surface area contributed by atoms with E-state index in [1.807, 2.05) is 6.07 Å². The molecule has 2 N–H and O–H groups in total. The molecule has 142 valence electrons. The summed E-state index contributed by atoms with van der Waals surface area (Å²) >= 11 is 1.18. The molecule has 8 nitrogen and oxygen atoms in total. The van der Waals surface area contributed by atoms with Crippen molar-refractivity contribution in [2.75, 3.05) is 13.2 Å². The topological polar surface area (TPSA) is 111 Å². The highest BCUT2D eigenvalue weighted by Crippen LogP contribution is 2.08. The second kappa shape index (κ2) is 10.1. The Morgan fingerprint density at radius 3 is 2.41 bits per heavy atom. The van der Waals surface area contributed by atoms with Crippen LogP contribution in [0, 0.1) is 0 Å². The van der Waals surface area contributed by atoms with Gasteiger partial charge >= 0.3 is 5.97 Å². The van der Waals surface area contributed by atoms with Crippen LogP contribution in [0.3, 0.4) is 0 Å². The van der Waals surface area contributed by atoms with Crippen LogP contribution in [0.5, 0.6) is 5.75 Å². The van der Waals surface area contributed by atoms with Crippen LogP contribution in [0.2, 0.25) is 0 Å². The summed E-state index contributed by atoms with van der Waals surface area (Å²) in [5.41, 5.74) is 0. The average molecular weight is 390 g/mol. The summed E-state index contributed by atoms with van der Waals surface area (Å²) in [5.74, 6) is -2.12. The predicted octanol–water partition coefficient (Wildman–Crippen LogP) is 1.13. The monoisotopic (exact) mass is 390 g/mol. The lowest BCUT2D eigenvalue weighted by atomic mass is 10.3. The number of nitrogens with one attached hydrogen (secondary N) is 2. The Labute approximate surface area is 159 Å². The Balaban J connectivity index is 1.67. The summed E-state index contributed by atoms with van der Waals surface area (Å²) < 4.78 is 10.1. The third-order valence-corrected chi connectivity index (χ3v) is 4.06. The van der Waals surface area contributed by atoms with E-state index in [9.17, 15) is 19.2 Å². The average Bonchev–Trinajstić information content (AvgIpc) is 3.20. The number of hydrogen-bond acceptors (Lipinski definition) is 7. The van der Waals surface area contributed by atoms with Gasteiger partial charge in [0.1, 0.15) is 11.8 Å². The molecule has 0 fully saturated rings. The number of thiophene rings is 1. The molecule has 2 aromatic rings. The molecule has 0 saturated carbocycles. The van der Waals surface area contributed by atoms with E-state index in [1.54, 1.807) is 41.8 Å². The van der Waals surface area contributed by atoms with Crippen molar-refractivity contribution in [2.45, 2.75) is 13.0 Å². The van der Waals surface area contributed by atoms with Gasteiger partial charge in [0.2, 0.25) is 0 Å². The van der Waals surface area contributed by atoms with Gasteiger partial charge in [-0.1, -0.05) is 24.3 Å². The first-order valence-corrected chi connectivity index (χ1v) is 8.85. The minimum atomic E-state index is -0.974. The molecule has 0 spiro atoms. The smallest absolute Gasteiger partial charge is 0.328 e. The third kappa shape index (κ3) is 6.90. The van der Waals surface area contributed by atoms with Crippen molar-refractivity contribution in [3.05, 3.63) is 52.7 Å². The van der Waals surface area contributed by atoms with E-state index in [4.69, 9.17) is 9.47 Å². The van der Waals surface area contributed by atoms with E-state index in [0.29, 0.717) is 10.6 Å². The molecule has 3 amide bonds. The lowest BCUT2D eigenvalue weighted by Crippen LogP contribution is -2.43. The van der Waals surface area contributed by atoms with Crippen LogP contribution in [0.1, 0.15) is 16.6 Å². The van der Waals surface area contributed by atoms with Crippen molar-refractivity contribution in [1.29, 1.82) is 0 Å². The maximum atomic E-state index is 11.8. The number of benzene rings is 1. The molecule has 0 aliphatic carbocycles. The Hall–Kier alpha value is -3.20. The molecule has 0 aliphatic heterocycles. The fourth-order valence-corrected chi connectivity index (χ4v) is 2.52. The summed E-state index contributed by atoms with van der Waals surface area (Å²) in [6.45, 7) is 0.519. The highest BCUT2D eigenvalue weighted by atomic mass is 32.1. The summed E-state index contributed by atoms with van der Waals surface area (Å²) in [6, 6.07) is 11.0. The van der Waals surface area contributed by atoms with Crippen molar-refractivity contribution in [1.82, 2.24) is 10.6 Å². The zero-order valence-corrected chi connectivity index (χ0v) is 15.3. The molecule has 0 saturated heterocycles. The van der Waals surface area contributed by atoms with Crippen LogP contribution in [0.15, 0.2) is 47.8 Å². The number of imide groups is 1. The van der Waals surface area contributed by atoms with Gasteiger partial charge in [0, 0.05) is 0 Å². The van der Waals surface area contributed by atoms with Gasteiger partial charge < -0.3 is 14.8 Å². The number of esters is 1. The zero-order chi connectivity index (χ0) is 19.6. The molecule has 1 aromatic heterocycles. The molecule has 0 radical (unpaired) electrons. The van der Waals surface area contributed by atoms with Gasteiger partial charge in [-0.2, -0.15) is 0 Å². The lowest BCUT2D eigenvalue weighted by Gasteiger charge is -2.13. The number of carbonyl (C=O) groups is 4. The van der Waals surface area contributed by atoms with Gasteiger partial charge in [-0.3, -0.25) is 19.7 Å². The number of para-hydroxylation sites is 1. The first-order chi connectivity index (χ1) is 13.0. The Kier molecular flexibility index (Phi) is 7.50. The number of carbonyl (C=O) groups excluding carboxylic acids is 4. The van der Waals surface area contributed by atoms with Crippen molar-refractivity contribution in [3.63, 3.8) is 0 Å². The third-order valence-electron chi connectivity index (χ3n) is 3.19. The largest absolute Gasteiger partial charge is 0.484 e. The first kappa shape index (κ1) is 20.1. The maximum Gasteiger partial charge on any atom is 0.328 e. The summed E-state index contributed by atoms with van der Waals surface area (Å²) in [5, 5.41) is 6.20. The predicted molar refractivity (Wildman–Crippen MR) is 97.3 cm³/mol. The van der Waals surface area contributed by atoms with Gasteiger partial charge in [0.25, 0.3) is 17.7 Å². The summed E-state index contributed by atoms with van der Waals surface area (Å²) in [4.78, 5) is 47.3. The zero-order valence-electron chi connectivity index (χ0n) is 14.5. The van der Waals surface area contributed by atoms with Crippen LogP contribution >= 0.6 is 11.3 Å². The van der Waals surface area contributed by atoms with E-state index in [2.05, 4.69) is 10.6 Å². The highest BCUT2D eigenvalue weighted by Gasteiger charge is 2.19. The van der Waals surface area contributed by atoms with Crippen molar-refractivity contribution < 1.29 is 28.7 Å². The van der Waals surface area contributed by atoms with E-state index < -0.39 is 36.3 Å². The van der Waals surface area contributed by atoms with Crippen LogP contribution in [0.4, 0.5) is 0 Å². The van der Waals surface area contributed by atoms with Crippen LogP contribution in [-0.4, -0.2) is 42.9 Å². The Morgan fingerprint density at radius 2 is 1.74 bits per heavy atom. The van der Waals surface area contributed by atoms with Crippen molar-refractivity contribution in [3.8, 4) is 5.75 Å². The minimum absolute atomic E-state index is 0.266. The Morgan fingerprint density at radius 1 is 1.00 bits per heavy atom. The molecule has 0 unspecified atom stereocenters. The molecule has 27 heavy (non-hydrogen) atoms.